The summed E-state index contributed by atoms with van der Waals surface area (Å²) < 4.78 is 12.0. The Kier molecular flexibility index (Phi) is 4.30. The van der Waals surface area contributed by atoms with Crippen molar-refractivity contribution >= 4 is 87.1 Å². The van der Waals surface area contributed by atoms with Crippen LogP contribution in [0.3, 0.4) is 0 Å². The molecule has 0 atom stereocenters. The van der Waals surface area contributed by atoms with Crippen LogP contribution in [-0.4, -0.2) is 14.1 Å². The Balaban J connectivity index is 1.26. The molecule has 4 nitrogen and oxygen atoms in total. The van der Waals surface area contributed by atoms with Crippen LogP contribution < -0.4 is 0 Å². The average molecular weight is 556 g/mol. The Hall–Kier alpha value is -5.39. The van der Waals surface area contributed by atoms with Gasteiger partial charge in [-0.15, -0.1) is 0 Å². The van der Waals surface area contributed by atoms with Crippen molar-refractivity contribution in [3.8, 4) is 10.8 Å². The summed E-state index contributed by atoms with van der Waals surface area (Å²) in [5.41, 5.74) is 8.67. The van der Waals surface area contributed by atoms with Gasteiger partial charge in [0.2, 0.25) is 0 Å². The minimum atomic E-state index is 0.900. The van der Waals surface area contributed by atoms with Crippen LogP contribution >= 0.6 is 11.3 Å². The van der Waals surface area contributed by atoms with Crippen LogP contribution in [0.2, 0.25) is 0 Å². The average Bonchev–Trinajstić information content (AvgIpc) is 3.79. The molecule has 0 bridgehead atoms. The molecule has 0 aliphatic rings. The molecule has 0 spiro atoms. The molecule has 0 fully saturated rings. The molecular weight excluding hydrogens is 534 g/mol. The van der Waals surface area contributed by atoms with E-state index in [2.05, 4.69) is 118 Å². The number of para-hydroxylation sites is 4. The first-order chi connectivity index (χ1) is 20.8. The summed E-state index contributed by atoms with van der Waals surface area (Å²) in [6.45, 7) is 0. The quantitative estimate of drug-likeness (QED) is 0.213. The van der Waals surface area contributed by atoms with Crippen molar-refractivity contribution in [1.29, 1.82) is 0 Å². The number of benzene rings is 6. The zero-order valence-electron chi connectivity index (χ0n) is 22.3. The molecular formula is C37H21N3OS. The van der Waals surface area contributed by atoms with Crippen LogP contribution in [0.1, 0.15) is 0 Å². The van der Waals surface area contributed by atoms with Gasteiger partial charge in [-0.05, 0) is 54.6 Å². The standard InChI is InChI=1S/C37H21N3OS/c1-5-13-29-23(9-1)24-10-2-6-14-30(24)39(29)22-17-19-32-27(21-22)25-11-3-7-15-31(25)40(32)37-38-28-18-20-34-35(36(28)42-37)26-12-4-8-16-33(26)41-34/h1-21H. The van der Waals surface area contributed by atoms with Gasteiger partial charge in [-0.25, -0.2) is 4.98 Å². The smallest absolute Gasteiger partial charge is 0.195 e. The third-order valence-electron chi connectivity index (χ3n) is 8.57. The fourth-order valence-electron chi connectivity index (χ4n) is 6.79. The summed E-state index contributed by atoms with van der Waals surface area (Å²) >= 11 is 1.73. The normalized spacial score (nSPS) is 12.3. The lowest BCUT2D eigenvalue weighted by atomic mass is 10.1. The van der Waals surface area contributed by atoms with E-state index < -0.39 is 0 Å². The number of thiazole rings is 1. The SMILES string of the molecule is c1ccc2c(c1)oc1ccc3nc(-n4c5ccccc5c5cc(-n6c7ccccc7c7ccccc76)ccc54)sc3c12. The van der Waals surface area contributed by atoms with Gasteiger partial charge >= 0.3 is 0 Å². The Morgan fingerprint density at radius 2 is 1.10 bits per heavy atom. The van der Waals surface area contributed by atoms with Crippen LogP contribution in [0.4, 0.5) is 0 Å². The Bertz CT molecular complexity index is 2650. The van der Waals surface area contributed by atoms with Gasteiger partial charge < -0.3 is 8.98 Å². The third-order valence-corrected chi connectivity index (χ3v) is 9.64. The molecule has 196 valence electrons. The predicted molar refractivity (Wildman–Crippen MR) is 176 cm³/mol. The zero-order valence-corrected chi connectivity index (χ0v) is 23.1. The van der Waals surface area contributed by atoms with Gasteiger partial charge in [0.15, 0.2) is 5.13 Å². The minimum Gasteiger partial charge on any atom is -0.456 e. The van der Waals surface area contributed by atoms with Crippen molar-refractivity contribution < 1.29 is 4.42 Å². The van der Waals surface area contributed by atoms with Crippen molar-refractivity contribution in [2.45, 2.75) is 0 Å². The van der Waals surface area contributed by atoms with Crippen molar-refractivity contribution in [1.82, 2.24) is 14.1 Å². The Morgan fingerprint density at radius 1 is 0.500 bits per heavy atom. The van der Waals surface area contributed by atoms with E-state index in [1.54, 1.807) is 11.3 Å². The molecule has 0 amide bonds. The molecule has 0 unspecified atom stereocenters. The van der Waals surface area contributed by atoms with Crippen LogP contribution in [0.15, 0.2) is 132 Å². The number of rotatable bonds is 2. The van der Waals surface area contributed by atoms with Gasteiger partial charge in [0.1, 0.15) is 11.2 Å². The summed E-state index contributed by atoms with van der Waals surface area (Å²) in [6, 6.07) is 45.2. The molecule has 0 N–H and O–H groups in total. The lowest BCUT2D eigenvalue weighted by molar-refractivity contribution is 0.669. The van der Waals surface area contributed by atoms with E-state index in [4.69, 9.17) is 9.40 Å². The molecule has 6 aromatic carbocycles. The number of hydrogen-bond donors (Lipinski definition) is 0. The molecule has 0 radical (unpaired) electrons. The number of furan rings is 1. The summed E-state index contributed by atoms with van der Waals surface area (Å²) in [6.07, 6.45) is 0. The second-order valence-electron chi connectivity index (χ2n) is 10.8. The van der Waals surface area contributed by atoms with Crippen molar-refractivity contribution in [2.75, 3.05) is 0 Å². The molecule has 5 heteroatoms. The van der Waals surface area contributed by atoms with E-state index in [1.807, 2.05) is 18.2 Å². The number of fused-ring (bicyclic) bond motifs is 11. The minimum absolute atomic E-state index is 0.900. The fraction of sp³-hybridized carbons (Fsp3) is 0. The molecule has 0 aliphatic carbocycles. The highest BCUT2D eigenvalue weighted by molar-refractivity contribution is 7.22. The monoisotopic (exact) mass is 555 g/mol. The van der Waals surface area contributed by atoms with E-state index in [9.17, 15) is 0 Å². The molecule has 4 heterocycles. The van der Waals surface area contributed by atoms with Crippen LogP contribution in [0, 0.1) is 0 Å². The molecule has 42 heavy (non-hydrogen) atoms. The third kappa shape index (κ3) is 2.88. The van der Waals surface area contributed by atoms with Gasteiger partial charge in [0, 0.05) is 38.0 Å². The fourth-order valence-corrected chi connectivity index (χ4v) is 7.93. The molecule has 0 aliphatic heterocycles. The molecule has 0 saturated carbocycles. The summed E-state index contributed by atoms with van der Waals surface area (Å²) in [7, 11) is 0. The highest BCUT2D eigenvalue weighted by Gasteiger charge is 2.19. The van der Waals surface area contributed by atoms with Crippen molar-refractivity contribution in [2.24, 2.45) is 0 Å². The van der Waals surface area contributed by atoms with Gasteiger partial charge in [0.05, 0.1) is 32.3 Å². The first-order valence-corrected chi connectivity index (χ1v) is 14.9. The van der Waals surface area contributed by atoms with Gasteiger partial charge in [-0.3, -0.25) is 4.57 Å². The second-order valence-corrected chi connectivity index (χ2v) is 11.8. The maximum Gasteiger partial charge on any atom is 0.195 e. The summed E-state index contributed by atoms with van der Waals surface area (Å²) in [4.78, 5) is 5.18. The largest absolute Gasteiger partial charge is 0.456 e. The van der Waals surface area contributed by atoms with E-state index in [1.165, 1.54) is 32.6 Å². The molecule has 4 aromatic heterocycles. The van der Waals surface area contributed by atoms with E-state index >= 15 is 0 Å². The van der Waals surface area contributed by atoms with Crippen molar-refractivity contribution in [3.63, 3.8) is 0 Å². The highest BCUT2D eigenvalue weighted by Crippen LogP contribution is 2.41. The van der Waals surface area contributed by atoms with E-state index in [0.29, 0.717) is 0 Å². The van der Waals surface area contributed by atoms with Crippen LogP contribution in [0.5, 0.6) is 0 Å². The first kappa shape index (κ1) is 22.3. The Morgan fingerprint density at radius 3 is 1.83 bits per heavy atom. The number of hydrogen-bond acceptors (Lipinski definition) is 3. The number of aromatic nitrogens is 3. The topological polar surface area (TPSA) is 35.9 Å². The molecule has 10 aromatic rings. The molecule has 10 rings (SSSR count). The lowest BCUT2D eigenvalue weighted by Gasteiger charge is -2.09. The van der Waals surface area contributed by atoms with Crippen LogP contribution in [-0.2, 0) is 0 Å². The van der Waals surface area contributed by atoms with E-state index in [-0.39, 0.29) is 0 Å². The van der Waals surface area contributed by atoms with Crippen LogP contribution in [0.25, 0.3) is 86.6 Å². The summed E-state index contributed by atoms with van der Waals surface area (Å²) in [5.74, 6) is 0. The zero-order chi connectivity index (χ0) is 27.4. The maximum absolute atomic E-state index is 6.18. The second kappa shape index (κ2) is 8.09. The highest BCUT2D eigenvalue weighted by atomic mass is 32.1. The first-order valence-electron chi connectivity index (χ1n) is 14.1. The van der Waals surface area contributed by atoms with Gasteiger partial charge in [-0.2, -0.15) is 0 Å². The Labute approximate surface area is 243 Å². The predicted octanol–water partition coefficient (Wildman–Crippen LogP) is 10.4. The summed E-state index contributed by atoms with van der Waals surface area (Å²) in [5, 5.41) is 8.19. The maximum atomic E-state index is 6.18. The van der Waals surface area contributed by atoms with Gasteiger partial charge in [-0.1, -0.05) is 84.1 Å². The number of nitrogens with zero attached hydrogens (tertiary/aromatic N) is 3. The lowest BCUT2D eigenvalue weighted by Crippen LogP contribution is -1.95. The molecule has 0 saturated heterocycles. The van der Waals surface area contributed by atoms with Gasteiger partial charge in [0.25, 0.3) is 0 Å². The van der Waals surface area contributed by atoms with E-state index in [0.717, 1.165) is 54.0 Å². The van der Waals surface area contributed by atoms with Crippen molar-refractivity contribution in [3.05, 3.63) is 127 Å².